The quantitative estimate of drug-likeness (QED) is 0.0195. The van der Waals surface area contributed by atoms with Gasteiger partial charge in [0.05, 0.1) is 40.3 Å². The molecule has 2 unspecified atom stereocenters. The first-order chi connectivity index (χ1) is 43.1. The molecule has 88 heavy (non-hydrogen) atoms. The van der Waals surface area contributed by atoms with Crippen molar-refractivity contribution in [1.29, 1.82) is 0 Å². The van der Waals surface area contributed by atoms with Gasteiger partial charge in [-0.2, -0.15) is 0 Å². The lowest BCUT2D eigenvalue weighted by atomic mass is 10.0. The number of rotatable bonds is 75. The van der Waals surface area contributed by atoms with E-state index in [0.717, 1.165) is 38.5 Å². The Labute approximate surface area is 548 Å². The van der Waals surface area contributed by atoms with Gasteiger partial charge in [0.15, 0.2) is 12.4 Å². The minimum atomic E-state index is -1.62. The summed E-state index contributed by atoms with van der Waals surface area (Å²) < 4.78 is 22.9. The normalized spacial score (nSPS) is 12.6. The van der Waals surface area contributed by atoms with E-state index in [1.54, 1.807) is 0 Å². The third-order valence-electron chi connectivity index (χ3n) is 18.3. The summed E-state index contributed by atoms with van der Waals surface area (Å²) in [5, 5.41) is 11.8. The Morgan fingerprint density at radius 3 is 0.841 bits per heavy atom. The van der Waals surface area contributed by atoms with E-state index in [4.69, 9.17) is 18.9 Å². The molecule has 0 rings (SSSR count). The Hall–Kier alpha value is -1.97. The zero-order chi connectivity index (χ0) is 64.0. The summed E-state index contributed by atoms with van der Waals surface area (Å²) in [6.45, 7) is 4.84. The summed E-state index contributed by atoms with van der Waals surface area (Å²) in [6.07, 6.45) is 84.8. The average Bonchev–Trinajstić information content (AvgIpc) is 3.62. The van der Waals surface area contributed by atoms with Crippen molar-refractivity contribution >= 4 is 17.9 Å². The predicted molar refractivity (Wildman–Crippen MR) is 376 cm³/mol. The van der Waals surface area contributed by atoms with Gasteiger partial charge in [0.2, 0.25) is 0 Å². The van der Waals surface area contributed by atoms with E-state index in [0.29, 0.717) is 17.4 Å². The summed E-state index contributed by atoms with van der Waals surface area (Å²) >= 11 is 0. The molecular formula is C79H153NO8. The van der Waals surface area contributed by atoms with Crippen molar-refractivity contribution in [2.24, 2.45) is 0 Å². The zero-order valence-electron chi connectivity index (χ0n) is 59.9. The maximum absolute atomic E-state index is 13.0. The number of unbranched alkanes of at least 4 members (excludes halogenated alkanes) is 58. The summed E-state index contributed by atoms with van der Waals surface area (Å²) in [7, 11) is 5.95. The van der Waals surface area contributed by atoms with Crippen molar-refractivity contribution in [2.45, 2.75) is 431 Å². The zero-order valence-corrected chi connectivity index (χ0v) is 59.9. The second-order valence-corrected chi connectivity index (χ2v) is 28.4. The molecule has 0 aliphatic heterocycles. The van der Waals surface area contributed by atoms with Crippen LogP contribution in [0.15, 0.2) is 12.2 Å². The van der Waals surface area contributed by atoms with E-state index in [-0.39, 0.29) is 32.2 Å². The van der Waals surface area contributed by atoms with Crippen LogP contribution in [0.5, 0.6) is 0 Å². The molecule has 9 heteroatoms. The van der Waals surface area contributed by atoms with Crippen molar-refractivity contribution in [3.8, 4) is 0 Å². The first-order valence-electron chi connectivity index (χ1n) is 39.3. The van der Waals surface area contributed by atoms with Gasteiger partial charge in [-0.1, -0.05) is 379 Å². The number of carboxylic acid groups (broad SMARTS) is 1. The molecule has 0 aromatic carbocycles. The van der Waals surface area contributed by atoms with Crippen LogP contribution >= 0.6 is 0 Å². The molecule has 0 radical (unpaired) electrons. The number of aliphatic carboxylic acids is 1. The number of quaternary nitrogens is 1. The Morgan fingerprint density at radius 2 is 0.580 bits per heavy atom. The molecule has 9 nitrogen and oxygen atoms in total. The van der Waals surface area contributed by atoms with Gasteiger partial charge in [0, 0.05) is 12.8 Å². The van der Waals surface area contributed by atoms with Gasteiger partial charge in [-0.15, -0.1) is 0 Å². The molecule has 0 fully saturated rings. The van der Waals surface area contributed by atoms with Crippen molar-refractivity contribution in [1.82, 2.24) is 0 Å². The van der Waals surface area contributed by atoms with Crippen molar-refractivity contribution in [3.63, 3.8) is 0 Å². The molecule has 0 aromatic heterocycles. The highest BCUT2D eigenvalue weighted by Crippen LogP contribution is 2.20. The molecule has 0 saturated carbocycles. The van der Waals surface area contributed by atoms with Crippen LogP contribution in [-0.4, -0.2) is 82.3 Å². The van der Waals surface area contributed by atoms with E-state index >= 15 is 0 Å². The monoisotopic (exact) mass is 1240 g/mol. The van der Waals surface area contributed by atoms with E-state index in [9.17, 15) is 19.5 Å². The second-order valence-electron chi connectivity index (χ2n) is 28.4. The smallest absolute Gasteiger partial charge is 0.306 e. The Bertz CT molecular complexity index is 1450. The van der Waals surface area contributed by atoms with Crippen molar-refractivity contribution in [3.05, 3.63) is 12.2 Å². The first-order valence-corrected chi connectivity index (χ1v) is 39.3. The van der Waals surface area contributed by atoms with Crippen LogP contribution in [0.2, 0.25) is 0 Å². The molecule has 0 saturated heterocycles. The van der Waals surface area contributed by atoms with Crippen molar-refractivity contribution in [2.75, 3.05) is 47.5 Å². The number of ether oxygens (including phenoxy) is 4. The first kappa shape index (κ1) is 86.0. The summed E-state index contributed by atoms with van der Waals surface area (Å²) in [5.41, 5.74) is 0. The van der Waals surface area contributed by atoms with Crippen LogP contribution < -0.4 is 5.11 Å². The van der Waals surface area contributed by atoms with Crippen LogP contribution in [0, 0.1) is 0 Å². The molecule has 0 aliphatic rings. The van der Waals surface area contributed by atoms with E-state index in [1.165, 1.54) is 353 Å². The van der Waals surface area contributed by atoms with E-state index < -0.39 is 24.3 Å². The molecule has 0 N–H and O–H groups in total. The molecule has 0 heterocycles. The van der Waals surface area contributed by atoms with Crippen molar-refractivity contribution < 1.29 is 42.9 Å². The van der Waals surface area contributed by atoms with Gasteiger partial charge in [0.25, 0.3) is 0 Å². The summed E-state index contributed by atoms with van der Waals surface area (Å²) in [6, 6.07) is 0. The number of carboxylic acids is 1. The largest absolute Gasteiger partial charge is 0.545 e. The lowest BCUT2D eigenvalue weighted by Crippen LogP contribution is -2.44. The molecule has 522 valence electrons. The van der Waals surface area contributed by atoms with Crippen LogP contribution in [0.25, 0.3) is 0 Å². The lowest BCUT2D eigenvalue weighted by Gasteiger charge is -2.26. The van der Waals surface area contributed by atoms with Gasteiger partial charge < -0.3 is 33.3 Å². The summed E-state index contributed by atoms with van der Waals surface area (Å²) in [5.74, 6) is -2.24. The van der Waals surface area contributed by atoms with Gasteiger partial charge in [-0.25, -0.2) is 0 Å². The SMILES string of the molecule is CCCCCCCCCC/C=C\CCCCCCCCCCCCCCCCCCCCCCCC(=O)OC(COC(=O)CCCCCCCCCCCCCCCCCCCCCCCCCCCCCCCC)COC(OCC[N+](C)(C)C)C(=O)[O-]. The molecular weight excluding hydrogens is 1090 g/mol. The lowest BCUT2D eigenvalue weighted by molar-refractivity contribution is -0.870. The molecule has 2 atom stereocenters. The number of carbonyl (C=O) groups excluding carboxylic acids is 3. The fourth-order valence-electron chi connectivity index (χ4n) is 12.2. The minimum absolute atomic E-state index is 0.153. The highest BCUT2D eigenvalue weighted by Gasteiger charge is 2.22. The van der Waals surface area contributed by atoms with Gasteiger partial charge in [-0.3, -0.25) is 9.59 Å². The van der Waals surface area contributed by atoms with Crippen LogP contribution in [0.3, 0.4) is 0 Å². The standard InChI is InChI=1S/C79H153NO8/c1-6-8-10-12-14-16-18-20-22-24-26-28-30-32-34-36-38-39-40-42-44-46-48-50-52-54-56-58-60-62-64-66-68-70-77(82)88-75(74-87-79(78(83)84)85-72-71-80(3,4)5)73-86-76(81)69-67-65-63-61-59-57-55-53-51-49-47-45-43-41-37-35-33-31-29-27-25-23-21-19-17-15-13-11-9-7-2/h24,26,75,79H,6-23,25,27-74H2,1-5H3/b26-24-. The van der Waals surface area contributed by atoms with Gasteiger partial charge in [0.1, 0.15) is 13.2 Å². The maximum atomic E-state index is 13.0. The molecule has 0 spiro atoms. The Morgan fingerprint density at radius 1 is 0.330 bits per heavy atom. The molecule has 0 bridgehead atoms. The van der Waals surface area contributed by atoms with Crippen LogP contribution in [-0.2, 0) is 33.3 Å². The number of nitrogens with zero attached hydrogens (tertiary/aromatic N) is 1. The van der Waals surface area contributed by atoms with Gasteiger partial charge >= 0.3 is 11.9 Å². The maximum Gasteiger partial charge on any atom is 0.306 e. The molecule has 0 aliphatic carbocycles. The van der Waals surface area contributed by atoms with E-state index in [2.05, 4.69) is 26.0 Å². The highest BCUT2D eigenvalue weighted by molar-refractivity contribution is 5.70. The third kappa shape index (κ3) is 71.5. The average molecular weight is 1250 g/mol. The van der Waals surface area contributed by atoms with Crippen LogP contribution in [0.4, 0.5) is 0 Å². The molecule has 0 amide bonds. The minimum Gasteiger partial charge on any atom is -0.545 e. The third-order valence-corrected chi connectivity index (χ3v) is 18.3. The number of hydrogen-bond acceptors (Lipinski definition) is 8. The van der Waals surface area contributed by atoms with E-state index in [1.807, 2.05) is 21.1 Å². The number of likely N-dealkylation sites (N-methyl/N-ethyl adjacent to an activating group) is 1. The van der Waals surface area contributed by atoms with Crippen LogP contribution in [0.1, 0.15) is 418 Å². The predicted octanol–water partition coefficient (Wildman–Crippen LogP) is 23.4. The fourth-order valence-corrected chi connectivity index (χ4v) is 12.2. The second kappa shape index (κ2) is 70.9. The summed E-state index contributed by atoms with van der Waals surface area (Å²) in [4.78, 5) is 37.6. The Balaban J connectivity index is 3.97. The highest BCUT2D eigenvalue weighted by atomic mass is 16.7. The number of esters is 2. The number of allylic oxidation sites excluding steroid dienone is 2. The number of hydrogen-bond donors (Lipinski definition) is 0. The number of carbonyl (C=O) groups is 3. The Kier molecular flexibility index (Phi) is 69.3. The molecule has 0 aromatic rings. The topological polar surface area (TPSA) is 111 Å². The van der Waals surface area contributed by atoms with Gasteiger partial charge in [-0.05, 0) is 38.5 Å². The fraction of sp³-hybridized carbons (Fsp3) is 0.937.